The number of carbonyl (C=O) groups is 2. The number of amides is 2. The summed E-state index contributed by atoms with van der Waals surface area (Å²) in [6.07, 6.45) is -0.631. The van der Waals surface area contributed by atoms with E-state index in [1.807, 2.05) is 35.2 Å². The summed E-state index contributed by atoms with van der Waals surface area (Å²) in [5.41, 5.74) is 2.50. The molecule has 0 radical (unpaired) electrons. The zero-order valence-corrected chi connectivity index (χ0v) is 19.7. The Morgan fingerprint density at radius 3 is 2.48 bits per heavy atom. The number of nitrogens with zero attached hydrogens (tertiary/aromatic N) is 2. The third-order valence-corrected chi connectivity index (χ3v) is 5.19. The third kappa shape index (κ3) is 7.18. The fourth-order valence-corrected chi connectivity index (χ4v) is 3.56. The van der Waals surface area contributed by atoms with E-state index in [1.54, 1.807) is 40.0 Å². The lowest BCUT2D eigenvalue weighted by Gasteiger charge is -2.29. The summed E-state index contributed by atoms with van der Waals surface area (Å²) in [4.78, 5) is 27.7. The van der Waals surface area contributed by atoms with Gasteiger partial charge in [0.05, 0.1) is 18.9 Å². The maximum Gasteiger partial charge on any atom is 0.408 e. The van der Waals surface area contributed by atoms with E-state index in [1.165, 1.54) is 4.90 Å². The van der Waals surface area contributed by atoms with Crippen LogP contribution >= 0.6 is 0 Å². The molecule has 0 aromatic heterocycles. The highest BCUT2D eigenvalue weighted by atomic mass is 19.1. The molecule has 1 heterocycles. The van der Waals surface area contributed by atoms with E-state index in [2.05, 4.69) is 5.32 Å². The number of rotatable bonds is 6. The number of morpholine rings is 1. The highest BCUT2D eigenvalue weighted by molar-refractivity contribution is 5.82. The smallest absolute Gasteiger partial charge is 0.408 e. The zero-order chi connectivity index (χ0) is 24.0. The molecule has 2 amide bonds. The summed E-state index contributed by atoms with van der Waals surface area (Å²) in [5.74, 6) is -0.507. The molecule has 1 aliphatic heterocycles. The summed E-state index contributed by atoms with van der Waals surface area (Å²) in [6.45, 7) is 8.03. The third-order valence-electron chi connectivity index (χ3n) is 5.19. The quantitative estimate of drug-likeness (QED) is 0.714. The molecule has 1 aliphatic rings. The lowest BCUT2D eigenvalue weighted by molar-refractivity contribution is -0.129. The molecule has 0 bridgehead atoms. The molecule has 1 fully saturated rings. The van der Waals surface area contributed by atoms with Gasteiger partial charge in [-0.15, -0.1) is 0 Å². The van der Waals surface area contributed by atoms with Crippen molar-refractivity contribution in [2.24, 2.45) is 0 Å². The Hall–Kier alpha value is -3.13. The van der Waals surface area contributed by atoms with Crippen LogP contribution in [0, 0.1) is 5.82 Å². The van der Waals surface area contributed by atoms with Crippen LogP contribution in [0.5, 0.6) is 0 Å². The van der Waals surface area contributed by atoms with Gasteiger partial charge in [0, 0.05) is 26.7 Å². The molecule has 0 spiro atoms. The van der Waals surface area contributed by atoms with Crippen LogP contribution in [0.15, 0.2) is 42.5 Å². The lowest BCUT2D eigenvalue weighted by atomic mass is 10.0. The Morgan fingerprint density at radius 2 is 1.82 bits per heavy atom. The predicted molar refractivity (Wildman–Crippen MR) is 126 cm³/mol. The van der Waals surface area contributed by atoms with Gasteiger partial charge in [-0.3, -0.25) is 4.79 Å². The SMILES string of the molecule is CN(Cc1cccc(-c2ccc(N3CCOCC3)c(F)c2)c1)C(=O)CNC(=O)OC(C)(C)C. The number of nitrogens with one attached hydrogen (secondary N) is 1. The normalized spacial score (nSPS) is 14.0. The second kappa shape index (κ2) is 10.7. The molecule has 0 saturated carbocycles. The number of carbonyl (C=O) groups excluding carboxylic acids is 2. The minimum Gasteiger partial charge on any atom is -0.444 e. The maximum absolute atomic E-state index is 14.8. The van der Waals surface area contributed by atoms with Crippen molar-refractivity contribution in [2.45, 2.75) is 32.9 Å². The van der Waals surface area contributed by atoms with E-state index >= 15 is 0 Å². The molecule has 8 heteroatoms. The molecule has 178 valence electrons. The summed E-state index contributed by atoms with van der Waals surface area (Å²) in [7, 11) is 1.67. The Morgan fingerprint density at radius 1 is 1.12 bits per heavy atom. The van der Waals surface area contributed by atoms with Crippen molar-refractivity contribution in [2.75, 3.05) is 44.8 Å². The second-order valence-electron chi connectivity index (χ2n) is 9.07. The van der Waals surface area contributed by atoms with Gasteiger partial charge in [0.2, 0.25) is 5.91 Å². The predicted octanol–water partition coefficient (Wildman–Crippen LogP) is 3.81. The number of hydrogen-bond donors (Lipinski definition) is 1. The molecule has 2 aromatic carbocycles. The fourth-order valence-electron chi connectivity index (χ4n) is 3.56. The maximum atomic E-state index is 14.8. The van der Waals surface area contributed by atoms with Crippen LogP contribution in [0.25, 0.3) is 11.1 Å². The lowest BCUT2D eigenvalue weighted by Crippen LogP contribution is -2.40. The Bertz CT molecular complexity index is 984. The minimum atomic E-state index is -0.631. The van der Waals surface area contributed by atoms with E-state index in [9.17, 15) is 14.0 Å². The highest BCUT2D eigenvalue weighted by Gasteiger charge is 2.18. The monoisotopic (exact) mass is 457 g/mol. The number of anilines is 1. The van der Waals surface area contributed by atoms with Gasteiger partial charge in [0.15, 0.2) is 0 Å². The van der Waals surface area contributed by atoms with Crippen LogP contribution in [0.1, 0.15) is 26.3 Å². The van der Waals surface area contributed by atoms with E-state index < -0.39 is 11.7 Å². The first kappa shape index (κ1) is 24.5. The summed E-state index contributed by atoms with van der Waals surface area (Å²) in [6, 6.07) is 12.9. The number of halogens is 1. The van der Waals surface area contributed by atoms with E-state index in [4.69, 9.17) is 9.47 Å². The zero-order valence-electron chi connectivity index (χ0n) is 19.7. The number of ether oxygens (including phenoxy) is 2. The van der Waals surface area contributed by atoms with Gasteiger partial charge in [-0.2, -0.15) is 0 Å². The highest BCUT2D eigenvalue weighted by Crippen LogP contribution is 2.28. The average Bonchev–Trinajstić information content (AvgIpc) is 2.77. The molecule has 33 heavy (non-hydrogen) atoms. The summed E-state index contributed by atoms with van der Waals surface area (Å²) < 4.78 is 25.3. The van der Waals surface area contributed by atoms with Gasteiger partial charge in [-0.1, -0.05) is 24.3 Å². The van der Waals surface area contributed by atoms with Crippen LogP contribution in [0.3, 0.4) is 0 Å². The van der Waals surface area contributed by atoms with Crippen LogP contribution in [-0.2, 0) is 20.8 Å². The van der Waals surface area contributed by atoms with E-state index in [0.29, 0.717) is 38.5 Å². The van der Waals surface area contributed by atoms with Crippen molar-refractivity contribution in [1.82, 2.24) is 10.2 Å². The van der Waals surface area contributed by atoms with E-state index in [-0.39, 0.29) is 18.3 Å². The van der Waals surface area contributed by atoms with Crippen molar-refractivity contribution in [3.63, 3.8) is 0 Å². The number of likely N-dealkylation sites (N-methyl/N-ethyl adjacent to an activating group) is 1. The molecule has 7 nitrogen and oxygen atoms in total. The first-order valence-corrected chi connectivity index (χ1v) is 11.0. The van der Waals surface area contributed by atoms with Crippen molar-refractivity contribution in [1.29, 1.82) is 0 Å². The number of benzene rings is 2. The second-order valence-corrected chi connectivity index (χ2v) is 9.07. The molecule has 0 atom stereocenters. The van der Waals surface area contributed by atoms with Crippen molar-refractivity contribution in [3.8, 4) is 11.1 Å². The Balaban J connectivity index is 1.61. The fraction of sp³-hybridized carbons (Fsp3) is 0.440. The van der Waals surface area contributed by atoms with Gasteiger partial charge in [-0.05, 0) is 55.7 Å². The first-order valence-electron chi connectivity index (χ1n) is 11.0. The van der Waals surface area contributed by atoms with Crippen molar-refractivity contribution >= 4 is 17.7 Å². The van der Waals surface area contributed by atoms with Gasteiger partial charge < -0.3 is 24.6 Å². The molecule has 0 unspecified atom stereocenters. The molecular formula is C25H32FN3O4. The van der Waals surface area contributed by atoms with Gasteiger partial charge in [0.1, 0.15) is 18.0 Å². The number of hydrogen-bond acceptors (Lipinski definition) is 5. The Labute approximate surface area is 194 Å². The minimum absolute atomic E-state index is 0.153. The van der Waals surface area contributed by atoms with Gasteiger partial charge in [0.25, 0.3) is 0 Å². The topological polar surface area (TPSA) is 71.1 Å². The van der Waals surface area contributed by atoms with Gasteiger partial charge in [-0.25, -0.2) is 9.18 Å². The molecule has 0 aliphatic carbocycles. The van der Waals surface area contributed by atoms with Crippen LogP contribution in [-0.4, -0.2) is 62.4 Å². The first-order chi connectivity index (χ1) is 15.6. The summed E-state index contributed by atoms with van der Waals surface area (Å²) >= 11 is 0. The van der Waals surface area contributed by atoms with Crippen LogP contribution < -0.4 is 10.2 Å². The molecule has 3 rings (SSSR count). The molecule has 1 N–H and O–H groups in total. The van der Waals surface area contributed by atoms with Gasteiger partial charge >= 0.3 is 6.09 Å². The van der Waals surface area contributed by atoms with E-state index in [0.717, 1.165) is 16.7 Å². The summed E-state index contributed by atoms with van der Waals surface area (Å²) in [5, 5.41) is 2.48. The molecular weight excluding hydrogens is 425 g/mol. The van der Waals surface area contributed by atoms with Crippen LogP contribution in [0.4, 0.5) is 14.9 Å². The van der Waals surface area contributed by atoms with Crippen molar-refractivity contribution in [3.05, 3.63) is 53.8 Å². The standard InChI is InChI=1S/C25H32FN3O4/c1-25(2,3)33-24(31)27-16-23(30)28(4)17-18-6-5-7-19(14-18)20-8-9-22(21(26)15-20)29-10-12-32-13-11-29/h5-9,14-15H,10-13,16-17H2,1-4H3,(H,27,31). The molecule has 2 aromatic rings. The molecule has 1 saturated heterocycles. The van der Waals surface area contributed by atoms with Crippen molar-refractivity contribution < 1.29 is 23.5 Å². The average molecular weight is 458 g/mol. The largest absolute Gasteiger partial charge is 0.444 e. The Kier molecular flexibility index (Phi) is 7.92. The number of alkyl carbamates (subject to hydrolysis) is 1. The van der Waals surface area contributed by atoms with Crippen LogP contribution in [0.2, 0.25) is 0 Å².